The van der Waals surface area contributed by atoms with E-state index in [9.17, 15) is 0 Å². The predicted octanol–water partition coefficient (Wildman–Crippen LogP) is 24.2. The molecule has 3 nitrogen and oxygen atoms in total. The van der Waals surface area contributed by atoms with E-state index >= 15 is 0 Å². The van der Waals surface area contributed by atoms with Gasteiger partial charge in [-0.15, -0.1) is 11.3 Å². The van der Waals surface area contributed by atoms with E-state index in [2.05, 4.69) is 331 Å². The quantitative estimate of drug-likeness (QED) is 0.128. The fourth-order valence-electron chi connectivity index (χ4n) is 13.5. The van der Waals surface area contributed by atoms with Crippen LogP contribution in [0, 0.1) is 0 Å². The van der Waals surface area contributed by atoms with Crippen LogP contribution in [-0.2, 0) is 0 Å². The van der Waals surface area contributed by atoms with Gasteiger partial charge in [0.15, 0.2) is 0 Å². The number of benzene rings is 14. The van der Waals surface area contributed by atoms with Gasteiger partial charge in [-0.3, -0.25) is 0 Å². The molecule has 3 aromatic heterocycles. The summed E-state index contributed by atoms with van der Waals surface area (Å²) in [5.41, 5.74) is 21.3. The average Bonchev–Trinajstić information content (AvgIpc) is 1.54. The molecule has 0 saturated heterocycles. The molecule has 14 aromatic carbocycles. The van der Waals surface area contributed by atoms with Gasteiger partial charge in [-0.1, -0.05) is 202 Å². The van der Waals surface area contributed by atoms with Crippen molar-refractivity contribution in [2.75, 3.05) is 9.80 Å². The normalized spacial score (nSPS) is 11.9. The van der Waals surface area contributed by atoms with Crippen LogP contribution >= 0.6 is 11.3 Å². The van der Waals surface area contributed by atoms with Crippen molar-refractivity contribution >= 4 is 125 Å². The largest absolute Gasteiger partial charge is 0.310 e. The lowest BCUT2D eigenvalue weighted by molar-refractivity contribution is 0.870. The number of hydrogen-bond acceptors (Lipinski definition) is 3. The van der Waals surface area contributed by atoms with Gasteiger partial charge in [0.25, 0.3) is 0 Å². The molecule has 0 aliphatic carbocycles. The van der Waals surface area contributed by atoms with Gasteiger partial charge >= 0.3 is 0 Å². The van der Waals surface area contributed by atoms with Gasteiger partial charge in [0.2, 0.25) is 0 Å². The molecule has 87 heavy (non-hydrogen) atoms. The summed E-state index contributed by atoms with van der Waals surface area (Å²) in [5.74, 6) is 0.358. The van der Waals surface area contributed by atoms with Crippen LogP contribution in [0.3, 0.4) is 0 Å². The number of thiophene rings is 1. The Hall–Kier alpha value is -10.8. The lowest BCUT2D eigenvalue weighted by Gasteiger charge is -2.26. The lowest BCUT2D eigenvalue weighted by atomic mass is 9.97. The van der Waals surface area contributed by atoms with Crippen molar-refractivity contribution in [2.45, 2.75) is 19.8 Å². The van der Waals surface area contributed by atoms with Crippen LogP contribution in [-0.4, -0.2) is 4.40 Å². The van der Waals surface area contributed by atoms with E-state index in [0.29, 0.717) is 5.92 Å². The van der Waals surface area contributed by atoms with Crippen LogP contribution in [0.5, 0.6) is 0 Å². The fraction of sp³-hybridized carbons (Fsp3) is 0.0361. The van der Waals surface area contributed by atoms with Crippen molar-refractivity contribution in [1.29, 1.82) is 0 Å². The van der Waals surface area contributed by atoms with Crippen LogP contribution in [0.1, 0.15) is 25.3 Å². The van der Waals surface area contributed by atoms with Crippen molar-refractivity contribution in [3.05, 3.63) is 309 Å². The first-order valence-corrected chi connectivity index (χ1v) is 31.0. The third-order valence-electron chi connectivity index (χ3n) is 18.0. The maximum Gasteiger partial charge on any atom is 0.0728 e. The van der Waals surface area contributed by atoms with Crippen LogP contribution in [0.25, 0.3) is 124 Å². The van der Waals surface area contributed by atoms with E-state index < -0.39 is 0 Å². The summed E-state index contributed by atoms with van der Waals surface area (Å²) < 4.78 is 5.19. The first-order valence-electron chi connectivity index (χ1n) is 30.1. The second-order valence-corrected chi connectivity index (χ2v) is 24.6. The topological polar surface area (TPSA) is 10.9 Å². The molecule has 0 unspecified atom stereocenters. The zero-order valence-electron chi connectivity index (χ0n) is 48.2. The van der Waals surface area contributed by atoms with Crippen molar-refractivity contribution in [3.8, 4) is 44.5 Å². The summed E-state index contributed by atoms with van der Waals surface area (Å²) in [6.07, 6.45) is 0. The Morgan fingerprint density at radius 2 is 0.713 bits per heavy atom. The number of anilines is 6. The van der Waals surface area contributed by atoms with E-state index in [1.165, 1.54) is 130 Å². The standard InChI is InChI=1S/C83H57N3S/c1-53(2)67-49-77-76-48-66-35-40-73(84(69-36-31-58(32-37-69)54-15-5-3-6-16-54)71-25-13-23-62(45-71)64-29-27-56-19-9-11-21-60(56)43-64)47-68(66)51-79(76)86-81(77)78(50-67)83-82(86)75-42-41-74(52-80(75)87-83)85(70-38-33-59(34-39-70)55-17-7-4-8-18-55)72-26-14-24-63(46-72)65-30-28-57-20-10-12-22-61(57)44-65/h3-53H,1-2H3. The van der Waals surface area contributed by atoms with E-state index in [1.54, 1.807) is 0 Å². The SMILES string of the molecule is CC(C)c1cc2c3cc4ccc(N(c5ccc(-c6ccccc6)cc5)c5cccc(-c6ccc7ccccc7c6)c5)cc4cc3n3c2c(c1)c1sc2cc(N(c4ccc(-c5ccccc5)cc4)c4cccc(-c5ccc6ccccc6c5)c4)ccc2c13. The van der Waals surface area contributed by atoms with Crippen molar-refractivity contribution in [3.63, 3.8) is 0 Å². The van der Waals surface area contributed by atoms with E-state index in [1.807, 2.05) is 11.3 Å². The fourth-order valence-corrected chi connectivity index (χ4v) is 14.8. The summed E-state index contributed by atoms with van der Waals surface area (Å²) in [6, 6.07) is 112. The zero-order chi connectivity index (χ0) is 57.7. The molecule has 0 bridgehead atoms. The molecule has 0 spiro atoms. The van der Waals surface area contributed by atoms with E-state index in [0.717, 1.165) is 34.1 Å². The number of fused-ring (bicyclic) bond motifs is 11. The minimum Gasteiger partial charge on any atom is -0.310 e. The molecule has 0 saturated carbocycles. The summed E-state index contributed by atoms with van der Waals surface area (Å²) in [4.78, 5) is 4.86. The van der Waals surface area contributed by atoms with E-state index in [4.69, 9.17) is 0 Å². The number of rotatable bonds is 11. The Kier molecular flexibility index (Phi) is 11.9. The van der Waals surface area contributed by atoms with Gasteiger partial charge in [-0.2, -0.15) is 0 Å². The van der Waals surface area contributed by atoms with Gasteiger partial charge in [0.05, 0.1) is 21.3 Å². The monoisotopic (exact) mass is 1130 g/mol. The highest BCUT2D eigenvalue weighted by atomic mass is 32.1. The van der Waals surface area contributed by atoms with Crippen molar-refractivity contribution < 1.29 is 0 Å². The number of nitrogens with zero attached hydrogens (tertiary/aromatic N) is 3. The third-order valence-corrected chi connectivity index (χ3v) is 19.1. The van der Waals surface area contributed by atoms with Gasteiger partial charge in [-0.05, 0) is 204 Å². The first-order chi connectivity index (χ1) is 42.9. The zero-order valence-corrected chi connectivity index (χ0v) is 49.0. The van der Waals surface area contributed by atoms with E-state index in [-0.39, 0.29) is 0 Å². The van der Waals surface area contributed by atoms with Crippen LogP contribution in [0.2, 0.25) is 0 Å². The number of aromatic nitrogens is 1. The Morgan fingerprint density at radius 1 is 0.276 bits per heavy atom. The molecule has 0 radical (unpaired) electrons. The Labute approximate surface area is 509 Å². The second kappa shape index (κ2) is 20.5. The third kappa shape index (κ3) is 8.71. The molecular formula is C83H57N3S. The second-order valence-electron chi connectivity index (χ2n) is 23.5. The molecule has 17 aromatic rings. The maximum absolute atomic E-state index is 2.60. The number of hydrogen-bond donors (Lipinski definition) is 0. The molecule has 0 N–H and O–H groups in total. The van der Waals surface area contributed by atoms with Gasteiger partial charge < -0.3 is 14.2 Å². The van der Waals surface area contributed by atoms with Gasteiger partial charge in [-0.25, -0.2) is 0 Å². The minimum atomic E-state index is 0.358. The van der Waals surface area contributed by atoms with Gasteiger partial charge in [0.1, 0.15) is 0 Å². The van der Waals surface area contributed by atoms with Crippen molar-refractivity contribution in [2.24, 2.45) is 0 Å². The minimum absolute atomic E-state index is 0.358. The molecule has 410 valence electrons. The smallest absolute Gasteiger partial charge is 0.0728 e. The molecule has 0 aliphatic heterocycles. The van der Waals surface area contributed by atoms with Crippen LogP contribution in [0.15, 0.2) is 303 Å². The summed E-state index contributed by atoms with van der Waals surface area (Å²) in [7, 11) is 0. The highest BCUT2D eigenvalue weighted by Gasteiger charge is 2.25. The Balaban J connectivity index is 0.826. The highest BCUT2D eigenvalue weighted by Crippen LogP contribution is 2.50. The van der Waals surface area contributed by atoms with Crippen LogP contribution < -0.4 is 9.80 Å². The average molecular weight is 1130 g/mol. The molecule has 3 heterocycles. The van der Waals surface area contributed by atoms with Gasteiger partial charge in [0, 0.05) is 60.4 Å². The predicted molar refractivity (Wildman–Crippen MR) is 374 cm³/mol. The molecule has 4 heteroatoms. The molecular weight excluding hydrogens is 1070 g/mol. The first kappa shape index (κ1) is 50.7. The maximum atomic E-state index is 2.60. The lowest BCUT2D eigenvalue weighted by Crippen LogP contribution is -2.10. The summed E-state index contributed by atoms with van der Waals surface area (Å²) in [5, 5.41) is 12.5. The molecule has 0 amide bonds. The Morgan fingerprint density at radius 3 is 1.29 bits per heavy atom. The molecule has 0 fully saturated rings. The Bertz CT molecular complexity index is 5490. The van der Waals surface area contributed by atoms with Crippen LogP contribution in [0.4, 0.5) is 34.1 Å². The molecule has 0 atom stereocenters. The highest BCUT2D eigenvalue weighted by molar-refractivity contribution is 7.26. The molecule has 0 aliphatic rings. The van der Waals surface area contributed by atoms with Crippen molar-refractivity contribution in [1.82, 2.24) is 4.40 Å². The summed E-state index contributed by atoms with van der Waals surface area (Å²) >= 11 is 1.92. The summed E-state index contributed by atoms with van der Waals surface area (Å²) in [6.45, 7) is 4.65. The molecule has 17 rings (SSSR count).